The van der Waals surface area contributed by atoms with Crippen molar-refractivity contribution in [1.82, 2.24) is 20.5 Å². The topological polar surface area (TPSA) is 91.4 Å². The lowest BCUT2D eigenvalue weighted by molar-refractivity contribution is -0.200. The van der Waals surface area contributed by atoms with Crippen molar-refractivity contribution in [2.75, 3.05) is 0 Å². The Morgan fingerprint density at radius 3 is 2.32 bits per heavy atom. The largest absolute Gasteiger partial charge is 0.440 e. The summed E-state index contributed by atoms with van der Waals surface area (Å²) in [4.78, 5) is 41.5. The van der Waals surface area contributed by atoms with E-state index in [1.165, 1.54) is 31.5 Å². The molecule has 4 amide bonds. The van der Waals surface area contributed by atoms with Crippen molar-refractivity contribution < 1.29 is 27.6 Å². The Hall–Kier alpha value is -3.43. The van der Waals surface area contributed by atoms with Crippen LogP contribution in [0.1, 0.15) is 28.9 Å². The van der Waals surface area contributed by atoms with Crippen LogP contribution in [0.2, 0.25) is 0 Å². The van der Waals surface area contributed by atoms with Crippen molar-refractivity contribution in [3.63, 3.8) is 0 Å². The molecule has 0 spiro atoms. The zero-order valence-electron chi connectivity index (χ0n) is 14.5. The maximum Gasteiger partial charge on any atom is 0.440 e. The van der Waals surface area contributed by atoms with Crippen LogP contribution < -0.4 is 10.6 Å². The van der Waals surface area contributed by atoms with Gasteiger partial charge in [-0.15, -0.1) is 0 Å². The molecule has 0 aliphatic carbocycles. The van der Waals surface area contributed by atoms with Crippen LogP contribution in [-0.2, 0) is 4.79 Å². The number of aromatic nitrogens is 1. The van der Waals surface area contributed by atoms with Crippen molar-refractivity contribution >= 4 is 17.8 Å². The number of halogens is 3. The van der Waals surface area contributed by atoms with Crippen molar-refractivity contribution in [3.8, 4) is 0 Å². The standard InChI is InChI=1S/C18H15F3N4O3/c1-11(12-5-3-2-4-6-12)25-15(27)17(18(19,20)21,24-16(25)28)23-14(26)13-7-9-22-10-8-13/h2-11H,1H3,(H,23,26)(H,24,28)/t11-,17-/m1/s1. The normalized spacial score (nSPS) is 20.6. The molecule has 146 valence electrons. The Kier molecular flexibility index (Phi) is 4.80. The molecule has 0 unspecified atom stereocenters. The summed E-state index contributed by atoms with van der Waals surface area (Å²) in [6.07, 6.45) is -2.84. The Labute approximate surface area is 157 Å². The monoisotopic (exact) mass is 392 g/mol. The molecule has 3 rings (SSSR count). The SMILES string of the molecule is C[C@H](c1ccccc1)N1C(=O)N[C@@](NC(=O)c2ccncc2)(C(F)(F)F)C1=O. The van der Waals surface area contributed by atoms with Crippen LogP contribution in [0.25, 0.3) is 0 Å². The first kappa shape index (κ1) is 19.3. The zero-order chi connectivity index (χ0) is 20.5. The van der Waals surface area contributed by atoms with Gasteiger partial charge in [-0.05, 0) is 24.6 Å². The number of amides is 4. The number of benzene rings is 1. The summed E-state index contributed by atoms with van der Waals surface area (Å²) in [6, 6.07) is 8.25. The highest BCUT2D eigenvalue weighted by atomic mass is 19.4. The van der Waals surface area contributed by atoms with Crippen molar-refractivity contribution in [1.29, 1.82) is 0 Å². The highest BCUT2D eigenvalue weighted by molar-refractivity contribution is 6.10. The summed E-state index contributed by atoms with van der Waals surface area (Å²) >= 11 is 0. The van der Waals surface area contributed by atoms with E-state index in [0.29, 0.717) is 10.5 Å². The molecule has 1 aromatic carbocycles. The molecule has 0 radical (unpaired) electrons. The van der Waals surface area contributed by atoms with Crippen LogP contribution in [0.5, 0.6) is 0 Å². The summed E-state index contributed by atoms with van der Waals surface area (Å²) in [5, 5.41) is 3.27. The fraction of sp³-hybridized carbons (Fsp3) is 0.222. The van der Waals surface area contributed by atoms with Gasteiger partial charge in [-0.2, -0.15) is 13.2 Å². The highest BCUT2D eigenvalue weighted by Gasteiger charge is 2.69. The number of urea groups is 1. The van der Waals surface area contributed by atoms with Gasteiger partial charge in [0.1, 0.15) is 0 Å². The third-order valence-corrected chi connectivity index (χ3v) is 4.39. The molecule has 28 heavy (non-hydrogen) atoms. The molecule has 1 saturated heterocycles. The minimum Gasteiger partial charge on any atom is -0.314 e. The quantitative estimate of drug-likeness (QED) is 0.782. The summed E-state index contributed by atoms with van der Waals surface area (Å²) in [5.74, 6) is -2.79. The highest BCUT2D eigenvalue weighted by Crippen LogP contribution is 2.37. The number of carbonyl (C=O) groups excluding carboxylic acids is 3. The number of carbonyl (C=O) groups is 3. The maximum absolute atomic E-state index is 13.9. The number of rotatable bonds is 4. The van der Waals surface area contributed by atoms with Crippen LogP contribution in [0.15, 0.2) is 54.9 Å². The number of hydrogen-bond acceptors (Lipinski definition) is 4. The lowest BCUT2D eigenvalue weighted by Gasteiger charge is -2.30. The minimum absolute atomic E-state index is 0.143. The van der Waals surface area contributed by atoms with Gasteiger partial charge in [-0.1, -0.05) is 30.3 Å². The third kappa shape index (κ3) is 3.17. The van der Waals surface area contributed by atoms with E-state index in [4.69, 9.17) is 0 Å². The first-order valence-corrected chi connectivity index (χ1v) is 8.17. The average molecular weight is 392 g/mol. The number of imide groups is 1. The van der Waals surface area contributed by atoms with E-state index in [9.17, 15) is 27.6 Å². The van der Waals surface area contributed by atoms with Crippen molar-refractivity contribution in [2.24, 2.45) is 0 Å². The first-order chi connectivity index (χ1) is 13.2. The Morgan fingerprint density at radius 1 is 1.14 bits per heavy atom. The predicted molar refractivity (Wildman–Crippen MR) is 90.7 cm³/mol. The molecular formula is C18H15F3N4O3. The van der Waals surface area contributed by atoms with Crippen LogP contribution in [-0.4, -0.2) is 39.6 Å². The van der Waals surface area contributed by atoms with Gasteiger partial charge < -0.3 is 5.32 Å². The molecule has 1 aliphatic rings. The molecule has 0 bridgehead atoms. The van der Waals surface area contributed by atoms with Crippen LogP contribution in [0.3, 0.4) is 0 Å². The van der Waals surface area contributed by atoms with Gasteiger partial charge in [0.25, 0.3) is 17.5 Å². The number of pyridine rings is 1. The summed E-state index contributed by atoms with van der Waals surface area (Å²) in [6.45, 7) is 1.42. The van der Waals surface area contributed by atoms with Crippen LogP contribution in [0, 0.1) is 0 Å². The summed E-state index contributed by atoms with van der Waals surface area (Å²) < 4.78 is 41.6. The lowest BCUT2D eigenvalue weighted by Crippen LogP contribution is -2.69. The van der Waals surface area contributed by atoms with Crippen molar-refractivity contribution in [3.05, 3.63) is 66.0 Å². The number of nitrogens with one attached hydrogen (secondary N) is 2. The lowest BCUT2D eigenvalue weighted by atomic mass is 10.0. The fourth-order valence-electron chi connectivity index (χ4n) is 2.87. The molecule has 1 fully saturated rings. The van der Waals surface area contributed by atoms with Gasteiger partial charge >= 0.3 is 12.2 Å². The molecular weight excluding hydrogens is 377 g/mol. The first-order valence-electron chi connectivity index (χ1n) is 8.17. The number of alkyl halides is 3. The molecule has 1 aliphatic heterocycles. The number of hydrogen-bond donors (Lipinski definition) is 2. The molecule has 7 nitrogen and oxygen atoms in total. The second kappa shape index (κ2) is 6.95. The van der Waals surface area contributed by atoms with E-state index in [0.717, 1.165) is 0 Å². The average Bonchev–Trinajstić information content (AvgIpc) is 2.93. The van der Waals surface area contributed by atoms with Crippen LogP contribution in [0.4, 0.5) is 18.0 Å². The van der Waals surface area contributed by atoms with Gasteiger partial charge in [0, 0.05) is 18.0 Å². The van der Waals surface area contributed by atoms with E-state index in [1.54, 1.807) is 41.0 Å². The molecule has 2 heterocycles. The molecule has 2 atom stereocenters. The molecule has 0 saturated carbocycles. The van der Waals surface area contributed by atoms with E-state index < -0.39 is 35.7 Å². The minimum atomic E-state index is -5.27. The van der Waals surface area contributed by atoms with Gasteiger partial charge in [0.2, 0.25) is 0 Å². The van der Waals surface area contributed by atoms with E-state index >= 15 is 0 Å². The van der Waals surface area contributed by atoms with Crippen LogP contribution >= 0.6 is 0 Å². The molecule has 2 N–H and O–H groups in total. The Morgan fingerprint density at radius 2 is 1.75 bits per heavy atom. The second-order valence-electron chi connectivity index (χ2n) is 6.13. The molecule has 2 aromatic rings. The smallest absolute Gasteiger partial charge is 0.314 e. The summed E-state index contributed by atoms with van der Waals surface area (Å²) in [5.41, 5.74) is -3.24. The molecule has 10 heteroatoms. The maximum atomic E-state index is 13.9. The van der Waals surface area contributed by atoms with E-state index in [1.807, 2.05) is 0 Å². The Bertz CT molecular complexity index is 905. The molecule has 1 aromatic heterocycles. The predicted octanol–water partition coefficient (Wildman–Crippen LogP) is 2.38. The second-order valence-corrected chi connectivity index (χ2v) is 6.13. The van der Waals surface area contributed by atoms with E-state index in [2.05, 4.69) is 4.98 Å². The van der Waals surface area contributed by atoms with Gasteiger partial charge in [-0.25, -0.2) is 4.79 Å². The summed E-state index contributed by atoms with van der Waals surface area (Å²) in [7, 11) is 0. The van der Waals surface area contributed by atoms with Gasteiger partial charge in [0.05, 0.1) is 6.04 Å². The van der Waals surface area contributed by atoms with Gasteiger partial charge in [-0.3, -0.25) is 24.8 Å². The fourth-order valence-corrected chi connectivity index (χ4v) is 2.87. The van der Waals surface area contributed by atoms with E-state index in [-0.39, 0.29) is 5.56 Å². The van der Waals surface area contributed by atoms with Crippen molar-refractivity contribution in [2.45, 2.75) is 24.8 Å². The Balaban J connectivity index is 1.97. The zero-order valence-corrected chi connectivity index (χ0v) is 14.5. The third-order valence-electron chi connectivity index (χ3n) is 4.39. The number of nitrogens with zero attached hydrogens (tertiary/aromatic N) is 2. The van der Waals surface area contributed by atoms with Gasteiger partial charge in [0.15, 0.2) is 0 Å².